The van der Waals surface area contributed by atoms with Gasteiger partial charge in [-0.3, -0.25) is 5.43 Å². The van der Waals surface area contributed by atoms with Crippen LogP contribution in [-0.2, 0) is 0 Å². The molecule has 0 bridgehead atoms. The Bertz CT molecular complexity index is 386. The summed E-state index contributed by atoms with van der Waals surface area (Å²) < 4.78 is 25.3. The fraction of sp³-hybridized carbons (Fsp3) is 0. The molecule has 14 heavy (non-hydrogen) atoms. The summed E-state index contributed by atoms with van der Waals surface area (Å²) >= 11 is 0. The van der Waals surface area contributed by atoms with Crippen molar-refractivity contribution in [3.05, 3.63) is 42.0 Å². The van der Waals surface area contributed by atoms with Crippen molar-refractivity contribution < 1.29 is 8.87 Å². The van der Waals surface area contributed by atoms with Crippen LogP contribution in [0.1, 0.15) is 5.56 Å². The van der Waals surface area contributed by atoms with Crippen LogP contribution in [0.5, 0.6) is 0 Å². The van der Waals surface area contributed by atoms with Gasteiger partial charge in [0, 0.05) is 6.08 Å². The average molecular weight is 195 g/mol. The molecular formula is C9H7F2N3. The highest BCUT2D eigenvalue weighted by Crippen LogP contribution is 2.15. The standard InChI is InChI=1S/C9H7F2N3/c10-9-6-8(12-14(11)13-9)7-4-2-1-3-5-7/h1-6,12H. The molecule has 0 aromatic heterocycles. The van der Waals surface area contributed by atoms with Crippen molar-refractivity contribution in [3.8, 4) is 0 Å². The Morgan fingerprint density at radius 1 is 1.21 bits per heavy atom. The molecule has 0 amide bonds. The second-order valence-electron chi connectivity index (χ2n) is 2.72. The third-order valence-electron chi connectivity index (χ3n) is 1.74. The molecule has 0 atom stereocenters. The molecule has 1 aliphatic heterocycles. The molecule has 1 heterocycles. The van der Waals surface area contributed by atoms with Crippen molar-refractivity contribution in [2.45, 2.75) is 0 Å². The van der Waals surface area contributed by atoms with Crippen LogP contribution in [0.25, 0.3) is 5.70 Å². The van der Waals surface area contributed by atoms with E-state index >= 15 is 0 Å². The van der Waals surface area contributed by atoms with E-state index in [0.29, 0.717) is 11.3 Å². The SMILES string of the molecule is FC1=NN(F)NC(c2ccccc2)=C1. The minimum absolute atomic E-state index is 0.155. The molecule has 0 saturated carbocycles. The molecule has 1 N–H and O–H groups in total. The van der Waals surface area contributed by atoms with Gasteiger partial charge in [-0.2, -0.15) is 4.39 Å². The van der Waals surface area contributed by atoms with Gasteiger partial charge in [-0.1, -0.05) is 39.9 Å². The third-order valence-corrected chi connectivity index (χ3v) is 1.74. The number of hydrazone groups is 1. The molecule has 0 aliphatic carbocycles. The highest BCUT2D eigenvalue weighted by molar-refractivity contribution is 5.94. The summed E-state index contributed by atoms with van der Waals surface area (Å²) in [6.45, 7) is 0. The lowest BCUT2D eigenvalue weighted by Gasteiger charge is -2.17. The molecule has 0 spiro atoms. The lowest BCUT2D eigenvalue weighted by molar-refractivity contribution is -0.0105. The quantitative estimate of drug-likeness (QED) is 0.694. The predicted molar refractivity (Wildman–Crippen MR) is 49.0 cm³/mol. The van der Waals surface area contributed by atoms with Crippen LogP contribution in [0.3, 0.4) is 0 Å². The molecule has 5 heteroatoms. The van der Waals surface area contributed by atoms with Gasteiger partial charge in [0.15, 0.2) is 0 Å². The van der Waals surface area contributed by atoms with E-state index in [9.17, 15) is 8.87 Å². The van der Waals surface area contributed by atoms with E-state index in [1.165, 1.54) is 0 Å². The second kappa shape index (κ2) is 3.45. The number of hydrogen-bond acceptors (Lipinski definition) is 3. The highest BCUT2D eigenvalue weighted by Gasteiger charge is 2.12. The van der Waals surface area contributed by atoms with Crippen molar-refractivity contribution in [1.82, 2.24) is 10.8 Å². The molecule has 3 nitrogen and oxygen atoms in total. The molecule has 0 radical (unpaired) electrons. The van der Waals surface area contributed by atoms with Gasteiger partial charge in [0.25, 0.3) is 0 Å². The summed E-state index contributed by atoms with van der Waals surface area (Å²) in [5, 5.41) is 2.73. The van der Waals surface area contributed by atoms with Gasteiger partial charge >= 0.3 is 0 Å². The Balaban J connectivity index is 2.33. The third kappa shape index (κ3) is 1.71. The zero-order valence-electron chi connectivity index (χ0n) is 7.11. The van der Waals surface area contributed by atoms with E-state index in [4.69, 9.17) is 0 Å². The summed E-state index contributed by atoms with van der Waals surface area (Å²) in [6.07, 6.45) is 1.13. The zero-order chi connectivity index (χ0) is 9.97. The van der Waals surface area contributed by atoms with E-state index in [0.717, 1.165) is 6.08 Å². The molecule has 0 unspecified atom stereocenters. The Kier molecular flexibility index (Phi) is 2.14. The first-order chi connectivity index (χ1) is 6.75. The predicted octanol–water partition coefficient (Wildman–Crippen LogP) is 2.02. The maximum Gasteiger partial charge on any atom is 0.237 e. The first-order valence-corrected chi connectivity index (χ1v) is 3.99. The fourth-order valence-corrected chi connectivity index (χ4v) is 1.15. The lowest BCUT2D eigenvalue weighted by atomic mass is 10.1. The molecule has 1 aromatic carbocycles. The smallest absolute Gasteiger partial charge is 0.237 e. The second-order valence-corrected chi connectivity index (χ2v) is 2.72. The Labute approximate surface area is 79.2 Å². The first-order valence-electron chi connectivity index (χ1n) is 3.99. The molecule has 72 valence electrons. The topological polar surface area (TPSA) is 27.6 Å². The number of allylic oxidation sites excluding steroid dienone is 1. The monoisotopic (exact) mass is 195 g/mol. The fourth-order valence-electron chi connectivity index (χ4n) is 1.15. The van der Waals surface area contributed by atoms with Gasteiger partial charge in [-0.05, 0) is 10.9 Å². The van der Waals surface area contributed by atoms with Crippen molar-refractivity contribution >= 4 is 11.7 Å². The van der Waals surface area contributed by atoms with Gasteiger partial charge in [0.1, 0.15) is 0 Å². The van der Waals surface area contributed by atoms with E-state index in [1.807, 2.05) is 6.07 Å². The van der Waals surface area contributed by atoms with Crippen LogP contribution in [0.2, 0.25) is 0 Å². The summed E-state index contributed by atoms with van der Waals surface area (Å²) in [6, 6.07) is 8.87. The van der Waals surface area contributed by atoms with Crippen molar-refractivity contribution in [2.75, 3.05) is 0 Å². The van der Waals surface area contributed by atoms with Crippen LogP contribution in [0, 0.1) is 0 Å². The minimum atomic E-state index is -0.870. The summed E-state index contributed by atoms with van der Waals surface area (Å²) in [7, 11) is 0. The van der Waals surface area contributed by atoms with Crippen LogP contribution in [0.4, 0.5) is 8.87 Å². The number of benzene rings is 1. The molecule has 0 fully saturated rings. The first kappa shape index (κ1) is 8.68. The Morgan fingerprint density at radius 2 is 1.93 bits per heavy atom. The van der Waals surface area contributed by atoms with Crippen molar-refractivity contribution in [2.24, 2.45) is 5.10 Å². The van der Waals surface area contributed by atoms with E-state index < -0.39 is 5.97 Å². The van der Waals surface area contributed by atoms with Crippen molar-refractivity contribution in [3.63, 3.8) is 0 Å². The van der Waals surface area contributed by atoms with Crippen LogP contribution in [0.15, 0.2) is 41.5 Å². The van der Waals surface area contributed by atoms with E-state index in [1.54, 1.807) is 24.3 Å². The molecule has 0 saturated heterocycles. The van der Waals surface area contributed by atoms with Gasteiger partial charge in [-0.25, -0.2) is 0 Å². The van der Waals surface area contributed by atoms with Gasteiger partial charge < -0.3 is 0 Å². The minimum Gasteiger partial charge on any atom is -0.252 e. The number of hydrogen-bond donors (Lipinski definition) is 1. The van der Waals surface area contributed by atoms with Crippen LogP contribution < -0.4 is 5.43 Å². The molecule has 1 aromatic rings. The van der Waals surface area contributed by atoms with Gasteiger partial charge in [-0.15, -0.1) is 0 Å². The Hall–Kier alpha value is -1.91. The largest absolute Gasteiger partial charge is 0.252 e. The molecule has 1 aliphatic rings. The molecular weight excluding hydrogens is 188 g/mol. The maximum atomic E-state index is 12.7. The maximum absolute atomic E-state index is 12.7. The van der Waals surface area contributed by atoms with E-state index in [-0.39, 0.29) is 5.34 Å². The van der Waals surface area contributed by atoms with Gasteiger partial charge in [0.05, 0.1) is 5.70 Å². The zero-order valence-corrected chi connectivity index (χ0v) is 7.11. The number of nitrogens with one attached hydrogen (secondary N) is 1. The summed E-state index contributed by atoms with van der Waals surface area (Å²) in [4.78, 5) is 0. The van der Waals surface area contributed by atoms with E-state index in [2.05, 4.69) is 10.5 Å². The average Bonchev–Trinajstić information content (AvgIpc) is 2.18. The van der Waals surface area contributed by atoms with Crippen LogP contribution >= 0.6 is 0 Å². The Morgan fingerprint density at radius 3 is 2.57 bits per heavy atom. The highest BCUT2D eigenvalue weighted by atomic mass is 19.2. The number of rotatable bonds is 1. The van der Waals surface area contributed by atoms with Crippen LogP contribution in [-0.4, -0.2) is 11.3 Å². The van der Waals surface area contributed by atoms with Crippen molar-refractivity contribution in [1.29, 1.82) is 0 Å². The normalized spacial score (nSPS) is 15.7. The number of nitrogens with zero attached hydrogens (tertiary/aromatic N) is 2. The summed E-state index contributed by atoms with van der Waals surface area (Å²) in [5.41, 5.74) is 3.29. The lowest BCUT2D eigenvalue weighted by Crippen LogP contribution is -2.28. The number of hydrazine groups is 1. The van der Waals surface area contributed by atoms with Gasteiger partial charge in [0.2, 0.25) is 5.97 Å². The number of halogens is 2. The summed E-state index contributed by atoms with van der Waals surface area (Å²) in [5.74, 6) is -0.870. The molecule has 2 rings (SSSR count).